The Morgan fingerprint density at radius 2 is 2.17 bits per heavy atom. The minimum absolute atomic E-state index is 0.533. The summed E-state index contributed by atoms with van der Waals surface area (Å²) in [5.41, 5.74) is 2.47. The van der Waals surface area contributed by atoms with Crippen molar-refractivity contribution in [1.82, 2.24) is 15.1 Å². The summed E-state index contributed by atoms with van der Waals surface area (Å²) >= 11 is 2.06. The van der Waals surface area contributed by atoms with E-state index >= 15 is 0 Å². The summed E-state index contributed by atoms with van der Waals surface area (Å²) in [7, 11) is 2.06. The van der Waals surface area contributed by atoms with Gasteiger partial charge in [-0.2, -0.15) is 16.9 Å². The molecule has 2 unspecified atom stereocenters. The zero-order chi connectivity index (χ0) is 13.5. The van der Waals surface area contributed by atoms with Gasteiger partial charge in [-0.15, -0.1) is 0 Å². The van der Waals surface area contributed by atoms with Crippen molar-refractivity contribution in [2.45, 2.75) is 58.4 Å². The first kappa shape index (κ1) is 15.6. The molecular weight excluding hydrogens is 242 g/mol. The minimum atomic E-state index is 0.533. The number of aryl methyl sites for hydroxylation is 2. The molecule has 0 spiro atoms. The van der Waals surface area contributed by atoms with Gasteiger partial charge in [0, 0.05) is 35.7 Å². The van der Waals surface area contributed by atoms with Gasteiger partial charge in [-0.05, 0) is 33.4 Å². The summed E-state index contributed by atoms with van der Waals surface area (Å²) in [4.78, 5) is 0. The van der Waals surface area contributed by atoms with Crippen molar-refractivity contribution in [2.24, 2.45) is 0 Å². The molecule has 1 aromatic heterocycles. The molecule has 0 bridgehead atoms. The van der Waals surface area contributed by atoms with Crippen molar-refractivity contribution in [3.05, 3.63) is 17.5 Å². The molecule has 0 radical (unpaired) electrons. The molecule has 1 rings (SSSR count). The number of hydrogen-bond donors (Lipinski definition) is 1. The Hall–Kier alpha value is -0.480. The third-order valence-electron chi connectivity index (χ3n) is 3.31. The largest absolute Gasteiger partial charge is 0.316 e. The van der Waals surface area contributed by atoms with Crippen LogP contribution in [0.2, 0.25) is 0 Å². The standard InChI is InChI=1S/C14H27N3S/c1-6-12(4)18-10-13(15-5)9-14-8-11(3)16-17(14)7-2/h8,12-13,15H,6-7,9-10H2,1-5H3. The molecular formula is C14H27N3S. The van der Waals surface area contributed by atoms with E-state index in [4.69, 9.17) is 0 Å². The van der Waals surface area contributed by atoms with Gasteiger partial charge in [0.25, 0.3) is 0 Å². The van der Waals surface area contributed by atoms with E-state index in [0.29, 0.717) is 6.04 Å². The molecule has 1 aromatic rings. The van der Waals surface area contributed by atoms with Gasteiger partial charge in [-0.1, -0.05) is 13.8 Å². The van der Waals surface area contributed by atoms with Crippen molar-refractivity contribution >= 4 is 11.8 Å². The molecule has 0 aliphatic carbocycles. The van der Waals surface area contributed by atoms with Gasteiger partial charge >= 0.3 is 0 Å². The maximum Gasteiger partial charge on any atom is 0.0596 e. The molecule has 4 heteroatoms. The summed E-state index contributed by atoms with van der Waals surface area (Å²) in [5, 5.41) is 8.69. The number of likely N-dealkylation sites (N-methyl/N-ethyl adjacent to an activating group) is 1. The van der Waals surface area contributed by atoms with Crippen molar-refractivity contribution in [3.8, 4) is 0 Å². The third-order valence-corrected chi connectivity index (χ3v) is 4.80. The molecule has 0 saturated carbocycles. The lowest BCUT2D eigenvalue weighted by Gasteiger charge is -2.18. The molecule has 0 saturated heterocycles. The van der Waals surface area contributed by atoms with Crippen LogP contribution in [0.4, 0.5) is 0 Å². The number of aromatic nitrogens is 2. The number of thioether (sulfide) groups is 1. The average molecular weight is 269 g/mol. The molecule has 18 heavy (non-hydrogen) atoms. The fourth-order valence-electron chi connectivity index (χ4n) is 1.93. The SMILES string of the molecule is CCC(C)SCC(Cc1cc(C)nn1CC)NC. The molecule has 104 valence electrons. The Balaban J connectivity index is 2.56. The summed E-state index contributed by atoms with van der Waals surface area (Å²) in [6, 6.07) is 2.74. The fourth-order valence-corrected chi connectivity index (χ4v) is 3.01. The predicted molar refractivity (Wildman–Crippen MR) is 81.4 cm³/mol. The molecule has 0 fully saturated rings. The lowest BCUT2D eigenvalue weighted by molar-refractivity contribution is 0.555. The van der Waals surface area contributed by atoms with E-state index in [1.807, 2.05) is 0 Å². The Kier molecular flexibility index (Phi) is 6.79. The van der Waals surface area contributed by atoms with Crippen LogP contribution in [0.5, 0.6) is 0 Å². The summed E-state index contributed by atoms with van der Waals surface area (Å²) in [6.07, 6.45) is 2.31. The van der Waals surface area contributed by atoms with Crippen LogP contribution in [0.3, 0.4) is 0 Å². The fraction of sp³-hybridized carbons (Fsp3) is 0.786. The summed E-state index contributed by atoms with van der Waals surface area (Å²) in [5.74, 6) is 1.17. The molecule has 0 aliphatic heterocycles. The predicted octanol–water partition coefficient (Wildman–Crippen LogP) is 2.87. The summed E-state index contributed by atoms with van der Waals surface area (Å²) in [6.45, 7) is 9.73. The maximum absolute atomic E-state index is 4.51. The highest BCUT2D eigenvalue weighted by atomic mass is 32.2. The van der Waals surface area contributed by atoms with Crippen LogP contribution < -0.4 is 5.32 Å². The topological polar surface area (TPSA) is 29.9 Å². The Labute approximate surface area is 116 Å². The smallest absolute Gasteiger partial charge is 0.0596 e. The second-order valence-electron chi connectivity index (χ2n) is 4.83. The van der Waals surface area contributed by atoms with Gasteiger partial charge in [0.1, 0.15) is 0 Å². The van der Waals surface area contributed by atoms with Crippen LogP contribution in [0.15, 0.2) is 6.07 Å². The van der Waals surface area contributed by atoms with Crippen LogP contribution in [0.25, 0.3) is 0 Å². The second-order valence-corrected chi connectivity index (χ2v) is 6.31. The van der Waals surface area contributed by atoms with Crippen LogP contribution in [-0.2, 0) is 13.0 Å². The van der Waals surface area contributed by atoms with E-state index < -0.39 is 0 Å². The van der Waals surface area contributed by atoms with Crippen LogP contribution in [0.1, 0.15) is 38.6 Å². The van der Waals surface area contributed by atoms with E-state index in [9.17, 15) is 0 Å². The summed E-state index contributed by atoms with van der Waals surface area (Å²) < 4.78 is 2.12. The quantitative estimate of drug-likeness (QED) is 0.787. The molecule has 1 N–H and O–H groups in total. The Morgan fingerprint density at radius 1 is 1.44 bits per heavy atom. The van der Waals surface area contributed by atoms with Gasteiger partial charge in [0.05, 0.1) is 5.69 Å². The highest BCUT2D eigenvalue weighted by Gasteiger charge is 2.13. The van der Waals surface area contributed by atoms with Crippen LogP contribution >= 0.6 is 11.8 Å². The van der Waals surface area contributed by atoms with Crippen molar-refractivity contribution in [3.63, 3.8) is 0 Å². The van der Waals surface area contributed by atoms with E-state index in [0.717, 1.165) is 23.9 Å². The Bertz CT molecular complexity index is 349. The first-order valence-corrected chi connectivity index (χ1v) is 7.97. The molecule has 0 aromatic carbocycles. The normalized spacial score (nSPS) is 14.7. The van der Waals surface area contributed by atoms with Crippen molar-refractivity contribution < 1.29 is 0 Å². The van der Waals surface area contributed by atoms with Gasteiger partial charge < -0.3 is 5.32 Å². The third kappa shape index (κ3) is 4.65. The molecule has 3 nitrogen and oxygen atoms in total. The highest BCUT2D eigenvalue weighted by Crippen LogP contribution is 2.16. The van der Waals surface area contributed by atoms with Crippen LogP contribution in [0, 0.1) is 6.92 Å². The number of hydrogen-bond acceptors (Lipinski definition) is 3. The van der Waals surface area contributed by atoms with Gasteiger partial charge in [0.15, 0.2) is 0 Å². The Morgan fingerprint density at radius 3 is 2.72 bits per heavy atom. The lowest BCUT2D eigenvalue weighted by atomic mass is 10.2. The second kappa shape index (κ2) is 7.85. The van der Waals surface area contributed by atoms with E-state index in [1.165, 1.54) is 17.9 Å². The number of nitrogens with one attached hydrogen (secondary N) is 1. The molecule has 0 amide bonds. The monoisotopic (exact) mass is 269 g/mol. The van der Waals surface area contributed by atoms with E-state index in [-0.39, 0.29) is 0 Å². The van der Waals surface area contributed by atoms with E-state index in [1.54, 1.807) is 0 Å². The van der Waals surface area contributed by atoms with Gasteiger partial charge in [-0.25, -0.2) is 0 Å². The van der Waals surface area contributed by atoms with Crippen LogP contribution in [-0.4, -0.2) is 33.9 Å². The lowest BCUT2D eigenvalue weighted by Crippen LogP contribution is -2.31. The van der Waals surface area contributed by atoms with Gasteiger partial charge in [-0.3, -0.25) is 4.68 Å². The van der Waals surface area contributed by atoms with Crippen molar-refractivity contribution in [2.75, 3.05) is 12.8 Å². The maximum atomic E-state index is 4.51. The zero-order valence-corrected chi connectivity index (χ0v) is 13.2. The molecule has 0 aliphatic rings. The van der Waals surface area contributed by atoms with E-state index in [2.05, 4.69) is 67.7 Å². The van der Waals surface area contributed by atoms with Crippen molar-refractivity contribution in [1.29, 1.82) is 0 Å². The zero-order valence-electron chi connectivity index (χ0n) is 12.4. The molecule has 2 atom stereocenters. The molecule has 1 heterocycles. The number of rotatable bonds is 8. The number of nitrogens with zero attached hydrogens (tertiary/aromatic N) is 2. The minimum Gasteiger partial charge on any atom is -0.316 e. The first-order valence-electron chi connectivity index (χ1n) is 6.92. The highest BCUT2D eigenvalue weighted by molar-refractivity contribution is 7.99. The average Bonchev–Trinajstić information content (AvgIpc) is 2.73. The van der Waals surface area contributed by atoms with Gasteiger partial charge in [0.2, 0.25) is 0 Å². The first-order chi connectivity index (χ1) is 8.60.